The zero-order valence-electron chi connectivity index (χ0n) is 16.9. The second-order valence-corrected chi connectivity index (χ2v) is 8.86. The molecule has 1 aromatic heterocycles. The van der Waals surface area contributed by atoms with Gasteiger partial charge in [0.15, 0.2) is 5.82 Å². The van der Waals surface area contributed by atoms with Crippen molar-refractivity contribution in [3.05, 3.63) is 76.6 Å². The number of aryl methyl sites for hydroxylation is 1. The molecule has 144 valence electrons. The first kappa shape index (κ1) is 18.9. The van der Waals surface area contributed by atoms with Crippen molar-refractivity contribution in [2.45, 2.75) is 45.2 Å². The number of fused-ring (bicyclic) bond motifs is 1. The van der Waals surface area contributed by atoms with Crippen LogP contribution in [0.25, 0.3) is 0 Å². The van der Waals surface area contributed by atoms with Gasteiger partial charge in [0, 0.05) is 11.7 Å². The number of hydrogen-bond acceptors (Lipinski definition) is 4. The highest BCUT2D eigenvalue weighted by molar-refractivity contribution is 7.99. The molecule has 0 saturated heterocycles. The lowest BCUT2D eigenvalue weighted by Gasteiger charge is -2.17. The summed E-state index contributed by atoms with van der Waals surface area (Å²) in [4.78, 5) is 0. The van der Waals surface area contributed by atoms with E-state index in [1.165, 1.54) is 16.7 Å². The summed E-state index contributed by atoms with van der Waals surface area (Å²) >= 11 is 1.70. The van der Waals surface area contributed by atoms with Gasteiger partial charge in [0.2, 0.25) is 5.16 Å². The van der Waals surface area contributed by atoms with Gasteiger partial charge in [-0.25, -0.2) is 0 Å². The lowest BCUT2D eigenvalue weighted by Crippen LogP contribution is -2.15. The maximum Gasteiger partial charge on any atom is 0.212 e. The van der Waals surface area contributed by atoms with Crippen molar-refractivity contribution in [2.24, 2.45) is 11.0 Å². The quantitative estimate of drug-likeness (QED) is 0.594. The van der Waals surface area contributed by atoms with Crippen LogP contribution in [0.4, 0.5) is 0 Å². The monoisotopic (exact) mass is 390 g/mol. The summed E-state index contributed by atoms with van der Waals surface area (Å²) in [5, 5.41) is 14.6. The smallest absolute Gasteiger partial charge is 0.191 e. The van der Waals surface area contributed by atoms with Gasteiger partial charge in [0.1, 0.15) is 0 Å². The number of benzene rings is 2. The Morgan fingerprint density at radius 2 is 1.68 bits per heavy atom. The zero-order chi connectivity index (χ0) is 19.7. The van der Waals surface area contributed by atoms with Crippen molar-refractivity contribution in [2.75, 3.05) is 5.75 Å². The van der Waals surface area contributed by atoms with Crippen LogP contribution in [0.15, 0.2) is 58.8 Å². The molecule has 4 nitrogen and oxygen atoms in total. The molecule has 0 saturated carbocycles. The molecule has 0 spiro atoms. The van der Waals surface area contributed by atoms with Gasteiger partial charge in [-0.1, -0.05) is 86.6 Å². The topological polar surface area (TPSA) is 43.1 Å². The van der Waals surface area contributed by atoms with Gasteiger partial charge in [0.05, 0.1) is 5.71 Å². The Hall–Kier alpha value is -2.40. The highest BCUT2D eigenvalue weighted by Gasteiger charge is 2.23. The first-order valence-electron chi connectivity index (χ1n) is 9.83. The summed E-state index contributed by atoms with van der Waals surface area (Å²) in [5.74, 6) is 2.51. The minimum atomic E-state index is 0.135. The summed E-state index contributed by atoms with van der Waals surface area (Å²) in [7, 11) is 0. The van der Waals surface area contributed by atoms with Crippen LogP contribution in [0, 0.1) is 12.8 Å². The van der Waals surface area contributed by atoms with Crippen LogP contribution in [0.3, 0.4) is 0 Å². The minimum Gasteiger partial charge on any atom is -0.191 e. The number of nitrogens with zero attached hydrogens (tertiary/aromatic N) is 4. The standard InChI is InChI=1S/C23H26N4S/c1-15(2)13-18-7-11-19(12-8-18)17(4)22-24-25-23-27(22)26-21(14-28-23)20-9-5-16(3)6-10-20/h5-12,15,17H,13-14H2,1-4H3. The molecule has 1 atom stereocenters. The Bertz CT molecular complexity index is 984. The Labute approximate surface area is 171 Å². The highest BCUT2D eigenvalue weighted by atomic mass is 32.2. The molecular weight excluding hydrogens is 364 g/mol. The van der Waals surface area contributed by atoms with E-state index in [0.29, 0.717) is 5.92 Å². The summed E-state index contributed by atoms with van der Waals surface area (Å²) in [6.07, 6.45) is 1.11. The lowest BCUT2D eigenvalue weighted by atomic mass is 9.96. The third kappa shape index (κ3) is 3.90. The summed E-state index contributed by atoms with van der Waals surface area (Å²) < 4.78 is 1.93. The maximum atomic E-state index is 4.90. The molecule has 0 amide bonds. The van der Waals surface area contributed by atoms with E-state index < -0.39 is 0 Å². The summed E-state index contributed by atoms with van der Waals surface area (Å²) in [5.41, 5.74) is 6.11. The van der Waals surface area contributed by atoms with Crippen LogP contribution in [0.1, 0.15) is 54.8 Å². The number of aromatic nitrogens is 3. The van der Waals surface area contributed by atoms with E-state index in [4.69, 9.17) is 5.10 Å². The molecular formula is C23H26N4S. The first-order chi connectivity index (χ1) is 13.5. The van der Waals surface area contributed by atoms with Crippen LogP contribution in [0.5, 0.6) is 0 Å². The Balaban J connectivity index is 1.62. The fourth-order valence-electron chi connectivity index (χ4n) is 3.46. The Morgan fingerprint density at radius 3 is 2.36 bits per heavy atom. The molecule has 1 aliphatic rings. The van der Waals surface area contributed by atoms with E-state index in [2.05, 4.69) is 86.4 Å². The molecule has 4 rings (SSSR count). The second kappa shape index (κ2) is 7.92. The van der Waals surface area contributed by atoms with E-state index in [0.717, 1.165) is 34.4 Å². The fraction of sp³-hybridized carbons (Fsp3) is 0.348. The lowest BCUT2D eigenvalue weighted by molar-refractivity contribution is 0.646. The first-order valence-corrected chi connectivity index (χ1v) is 10.8. The van der Waals surface area contributed by atoms with Gasteiger partial charge in [-0.2, -0.15) is 9.78 Å². The summed E-state index contributed by atoms with van der Waals surface area (Å²) in [6.45, 7) is 8.78. The molecule has 2 heterocycles. The number of hydrogen-bond donors (Lipinski definition) is 0. The Kier molecular flexibility index (Phi) is 5.36. The second-order valence-electron chi connectivity index (χ2n) is 7.92. The van der Waals surface area contributed by atoms with Crippen LogP contribution in [-0.2, 0) is 6.42 Å². The van der Waals surface area contributed by atoms with Crippen molar-refractivity contribution < 1.29 is 0 Å². The molecule has 28 heavy (non-hydrogen) atoms. The van der Waals surface area contributed by atoms with Gasteiger partial charge < -0.3 is 0 Å². The normalized spacial score (nSPS) is 14.7. The van der Waals surface area contributed by atoms with Gasteiger partial charge in [-0.15, -0.1) is 10.2 Å². The van der Waals surface area contributed by atoms with Gasteiger partial charge in [-0.3, -0.25) is 0 Å². The highest BCUT2D eigenvalue weighted by Crippen LogP contribution is 2.30. The molecule has 3 aromatic rings. The minimum absolute atomic E-state index is 0.135. The summed E-state index contributed by atoms with van der Waals surface area (Å²) in [6, 6.07) is 17.4. The predicted molar refractivity (Wildman–Crippen MR) is 116 cm³/mol. The van der Waals surface area contributed by atoms with E-state index in [9.17, 15) is 0 Å². The molecule has 0 aliphatic carbocycles. The van der Waals surface area contributed by atoms with E-state index in [-0.39, 0.29) is 5.92 Å². The SMILES string of the molecule is Cc1ccc(C2=Nn3c(nnc3C(C)c3ccc(CC(C)C)cc3)SC2)cc1. The average Bonchev–Trinajstić information content (AvgIpc) is 3.11. The number of rotatable bonds is 5. The molecule has 0 bridgehead atoms. The maximum absolute atomic E-state index is 4.90. The van der Waals surface area contributed by atoms with Crippen molar-refractivity contribution in [1.29, 1.82) is 0 Å². The zero-order valence-corrected chi connectivity index (χ0v) is 17.7. The van der Waals surface area contributed by atoms with Crippen LogP contribution in [-0.4, -0.2) is 26.3 Å². The van der Waals surface area contributed by atoms with Crippen molar-refractivity contribution in [3.63, 3.8) is 0 Å². The molecule has 0 N–H and O–H groups in total. The van der Waals surface area contributed by atoms with E-state index in [1.54, 1.807) is 11.8 Å². The molecule has 0 radical (unpaired) electrons. The van der Waals surface area contributed by atoms with Crippen LogP contribution in [0.2, 0.25) is 0 Å². The van der Waals surface area contributed by atoms with Crippen molar-refractivity contribution >= 4 is 17.5 Å². The van der Waals surface area contributed by atoms with E-state index in [1.807, 2.05) is 4.68 Å². The fourth-order valence-corrected chi connectivity index (χ4v) is 4.31. The van der Waals surface area contributed by atoms with Crippen LogP contribution < -0.4 is 0 Å². The third-order valence-corrected chi connectivity index (χ3v) is 6.02. The molecule has 5 heteroatoms. The molecule has 1 aliphatic heterocycles. The van der Waals surface area contributed by atoms with E-state index >= 15 is 0 Å². The molecule has 1 unspecified atom stereocenters. The largest absolute Gasteiger partial charge is 0.212 e. The Morgan fingerprint density at radius 1 is 0.964 bits per heavy atom. The van der Waals surface area contributed by atoms with Crippen molar-refractivity contribution in [1.82, 2.24) is 14.9 Å². The molecule has 0 fully saturated rings. The number of thioether (sulfide) groups is 1. The van der Waals surface area contributed by atoms with Gasteiger partial charge in [-0.05, 0) is 36.0 Å². The van der Waals surface area contributed by atoms with Gasteiger partial charge >= 0.3 is 0 Å². The van der Waals surface area contributed by atoms with Gasteiger partial charge in [0.25, 0.3) is 0 Å². The average molecular weight is 391 g/mol. The molecule has 2 aromatic carbocycles. The van der Waals surface area contributed by atoms with Crippen molar-refractivity contribution in [3.8, 4) is 0 Å². The third-order valence-electron chi connectivity index (χ3n) is 5.09. The van der Waals surface area contributed by atoms with Crippen LogP contribution >= 0.6 is 11.8 Å². The predicted octanol–water partition coefficient (Wildman–Crippen LogP) is 5.29.